The Hall–Kier alpha value is -1.82. The van der Waals surface area contributed by atoms with Gasteiger partial charge in [0, 0.05) is 22.5 Å². The lowest BCUT2D eigenvalue weighted by atomic mass is 10.1. The quantitative estimate of drug-likeness (QED) is 0.882. The summed E-state index contributed by atoms with van der Waals surface area (Å²) in [6.07, 6.45) is 1.57. The second-order valence-corrected chi connectivity index (χ2v) is 6.98. The largest absolute Gasteiger partial charge is 0.481 e. The van der Waals surface area contributed by atoms with Gasteiger partial charge in [0.1, 0.15) is 5.60 Å². The van der Waals surface area contributed by atoms with Gasteiger partial charge in [0.15, 0.2) is 0 Å². The third-order valence-electron chi connectivity index (χ3n) is 3.05. The first kappa shape index (κ1) is 16.5. The minimum atomic E-state index is -0.865. The van der Waals surface area contributed by atoms with Gasteiger partial charge < -0.3 is 9.84 Å². The third-order valence-corrected chi connectivity index (χ3v) is 3.54. The van der Waals surface area contributed by atoms with Gasteiger partial charge in [-0.2, -0.15) is 0 Å². The third kappa shape index (κ3) is 3.88. The molecule has 0 fully saturated rings. The summed E-state index contributed by atoms with van der Waals surface area (Å²) in [5.41, 5.74) is 0.917. The van der Waals surface area contributed by atoms with Crippen LogP contribution in [0.3, 0.4) is 0 Å². The number of carbonyl (C=O) groups excluding carboxylic acids is 1. The lowest BCUT2D eigenvalue weighted by molar-refractivity contribution is -0.136. The first-order valence-corrected chi connectivity index (χ1v) is 7.71. The highest BCUT2D eigenvalue weighted by molar-refractivity contribution is 9.10. The van der Waals surface area contributed by atoms with Gasteiger partial charge in [0.25, 0.3) is 0 Å². The van der Waals surface area contributed by atoms with E-state index < -0.39 is 17.7 Å². The Labute approximate surface area is 137 Å². The smallest absolute Gasteiger partial charge is 0.419 e. The van der Waals surface area contributed by atoms with E-state index in [-0.39, 0.29) is 6.42 Å². The molecule has 1 N–H and O–H groups in total. The molecule has 0 radical (unpaired) electrons. The number of carbonyl (C=O) groups is 2. The Bertz CT molecular complexity index is 728. The van der Waals surface area contributed by atoms with E-state index in [1.807, 2.05) is 18.2 Å². The zero-order valence-electron chi connectivity index (χ0n) is 12.7. The van der Waals surface area contributed by atoms with Crippen molar-refractivity contribution in [1.82, 2.24) is 4.57 Å². The van der Waals surface area contributed by atoms with Crippen molar-refractivity contribution < 1.29 is 19.4 Å². The number of hydrogen-bond donors (Lipinski definition) is 1. The van der Waals surface area contributed by atoms with Crippen LogP contribution in [0.2, 0.25) is 0 Å². The number of rotatable bonds is 3. The van der Waals surface area contributed by atoms with Crippen molar-refractivity contribution in [2.75, 3.05) is 0 Å². The second-order valence-electron chi connectivity index (χ2n) is 6.06. The first-order chi connectivity index (χ1) is 10.2. The number of nitrogens with zero attached hydrogens (tertiary/aromatic N) is 1. The number of benzene rings is 1. The van der Waals surface area contributed by atoms with Crippen LogP contribution < -0.4 is 0 Å². The molecule has 0 aliphatic heterocycles. The van der Waals surface area contributed by atoms with E-state index in [2.05, 4.69) is 15.9 Å². The van der Waals surface area contributed by atoms with E-state index in [9.17, 15) is 9.59 Å². The highest BCUT2D eigenvalue weighted by Gasteiger charge is 2.21. The van der Waals surface area contributed by atoms with E-state index in [1.54, 1.807) is 27.0 Å². The molecule has 2 aromatic rings. The fourth-order valence-electron chi connectivity index (χ4n) is 2.17. The van der Waals surface area contributed by atoms with Crippen LogP contribution in [0.25, 0.3) is 10.9 Å². The molecule has 1 heterocycles. The number of carboxylic acid groups (broad SMARTS) is 1. The minimum absolute atomic E-state index is 0.0174. The normalized spacial score (nSPS) is 11.6. The highest BCUT2D eigenvalue weighted by Crippen LogP contribution is 2.27. The summed E-state index contributed by atoms with van der Waals surface area (Å²) in [5, 5.41) is 9.71. The number of aliphatic carboxylic acids is 1. The summed E-state index contributed by atoms with van der Waals surface area (Å²) in [7, 11) is 0. The van der Waals surface area contributed by atoms with Crippen molar-refractivity contribution in [2.24, 2.45) is 0 Å². The van der Waals surface area contributed by atoms with Crippen LogP contribution in [0.4, 0.5) is 4.79 Å². The van der Waals surface area contributed by atoms with E-state index in [0.29, 0.717) is 11.9 Å². The summed E-state index contributed by atoms with van der Waals surface area (Å²) in [4.78, 5) is 23.1. The number of fused-ring (bicyclic) bond motifs is 1. The SMILES string of the molecule is CC(C)(C)OC(=O)n1cc(CCC(=O)O)c2ccc(Br)cc21. The highest BCUT2D eigenvalue weighted by atomic mass is 79.9. The summed E-state index contributed by atoms with van der Waals surface area (Å²) in [6, 6.07) is 5.56. The van der Waals surface area contributed by atoms with Gasteiger partial charge in [0.05, 0.1) is 5.52 Å². The Morgan fingerprint density at radius 1 is 1.32 bits per heavy atom. The van der Waals surface area contributed by atoms with Crippen LogP contribution in [0.1, 0.15) is 32.8 Å². The molecule has 0 aliphatic rings. The lowest BCUT2D eigenvalue weighted by Crippen LogP contribution is -2.26. The van der Waals surface area contributed by atoms with Crippen LogP contribution in [0, 0.1) is 0 Å². The molecule has 0 saturated heterocycles. The molecule has 5 nitrogen and oxygen atoms in total. The molecule has 0 amide bonds. The molecule has 2 rings (SSSR count). The number of hydrogen-bond acceptors (Lipinski definition) is 3. The van der Waals surface area contributed by atoms with E-state index in [0.717, 1.165) is 15.4 Å². The van der Waals surface area contributed by atoms with Crippen LogP contribution in [0.15, 0.2) is 28.9 Å². The Morgan fingerprint density at radius 3 is 2.59 bits per heavy atom. The van der Waals surface area contributed by atoms with Crippen LogP contribution in [-0.2, 0) is 16.0 Å². The van der Waals surface area contributed by atoms with Crippen LogP contribution in [-0.4, -0.2) is 27.3 Å². The monoisotopic (exact) mass is 367 g/mol. The molecular weight excluding hydrogens is 350 g/mol. The maximum Gasteiger partial charge on any atom is 0.419 e. The molecule has 0 spiro atoms. The van der Waals surface area contributed by atoms with Crippen molar-refractivity contribution in [2.45, 2.75) is 39.2 Å². The number of aryl methyl sites for hydroxylation is 1. The fraction of sp³-hybridized carbons (Fsp3) is 0.375. The Morgan fingerprint density at radius 2 is 2.00 bits per heavy atom. The van der Waals surface area contributed by atoms with Crippen molar-refractivity contribution in [3.63, 3.8) is 0 Å². The summed E-state index contributed by atoms with van der Waals surface area (Å²) >= 11 is 3.39. The minimum Gasteiger partial charge on any atom is -0.481 e. The van der Waals surface area contributed by atoms with E-state index in [4.69, 9.17) is 9.84 Å². The van der Waals surface area contributed by atoms with Crippen molar-refractivity contribution in [1.29, 1.82) is 0 Å². The van der Waals surface area contributed by atoms with Gasteiger partial charge in [-0.3, -0.25) is 9.36 Å². The lowest BCUT2D eigenvalue weighted by Gasteiger charge is -2.19. The van der Waals surface area contributed by atoms with Gasteiger partial charge in [-0.1, -0.05) is 22.0 Å². The zero-order valence-corrected chi connectivity index (χ0v) is 14.3. The van der Waals surface area contributed by atoms with Crippen LogP contribution >= 0.6 is 15.9 Å². The molecule has 1 aromatic carbocycles. The molecule has 1 aromatic heterocycles. The predicted octanol–water partition coefficient (Wildman–Crippen LogP) is 4.20. The van der Waals surface area contributed by atoms with Gasteiger partial charge in [0.2, 0.25) is 0 Å². The average Bonchev–Trinajstić information content (AvgIpc) is 2.72. The number of halogens is 1. The van der Waals surface area contributed by atoms with Crippen molar-refractivity contribution in [3.05, 3.63) is 34.4 Å². The maximum absolute atomic E-state index is 12.3. The summed E-state index contributed by atoms with van der Waals surface area (Å²) < 4.78 is 7.68. The van der Waals surface area contributed by atoms with E-state index >= 15 is 0 Å². The topological polar surface area (TPSA) is 68.5 Å². The van der Waals surface area contributed by atoms with Crippen molar-refractivity contribution >= 4 is 38.9 Å². The standard InChI is InChI=1S/C16H18BrNO4/c1-16(2,3)22-15(21)18-9-10(4-7-14(19)20)12-6-5-11(17)8-13(12)18/h5-6,8-9H,4,7H2,1-3H3,(H,19,20). The second kappa shape index (κ2) is 6.12. The van der Waals surface area contributed by atoms with Crippen molar-refractivity contribution in [3.8, 4) is 0 Å². The first-order valence-electron chi connectivity index (χ1n) is 6.92. The maximum atomic E-state index is 12.3. The molecule has 118 valence electrons. The fourth-order valence-corrected chi connectivity index (χ4v) is 2.52. The predicted molar refractivity (Wildman–Crippen MR) is 87.2 cm³/mol. The average molecular weight is 368 g/mol. The summed E-state index contributed by atoms with van der Waals surface area (Å²) in [5.74, 6) is -0.865. The number of ether oxygens (including phenoxy) is 1. The number of carboxylic acids is 1. The Kier molecular flexibility index (Phi) is 4.60. The molecule has 22 heavy (non-hydrogen) atoms. The summed E-state index contributed by atoms with van der Waals surface area (Å²) in [6.45, 7) is 5.41. The van der Waals surface area contributed by atoms with Gasteiger partial charge >= 0.3 is 12.1 Å². The van der Waals surface area contributed by atoms with Gasteiger partial charge in [-0.15, -0.1) is 0 Å². The molecule has 0 unspecified atom stereocenters. The molecule has 0 bridgehead atoms. The molecule has 6 heteroatoms. The molecule has 0 atom stereocenters. The van der Waals surface area contributed by atoms with E-state index in [1.165, 1.54) is 4.57 Å². The molecule has 0 saturated carbocycles. The molecule has 0 aliphatic carbocycles. The molecular formula is C16H18BrNO4. The van der Waals surface area contributed by atoms with Gasteiger partial charge in [-0.25, -0.2) is 4.79 Å². The van der Waals surface area contributed by atoms with Gasteiger partial charge in [-0.05, 0) is 44.9 Å². The zero-order chi connectivity index (χ0) is 16.5. The Balaban J connectivity index is 2.46. The number of aromatic nitrogens is 1. The van der Waals surface area contributed by atoms with Crippen LogP contribution in [0.5, 0.6) is 0 Å².